The van der Waals surface area contributed by atoms with E-state index in [0.29, 0.717) is 29.2 Å². The van der Waals surface area contributed by atoms with Crippen LogP contribution in [0, 0.1) is 6.92 Å². The average Bonchev–Trinajstić information content (AvgIpc) is 2.70. The van der Waals surface area contributed by atoms with Gasteiger partial charge in [-0.15, -0.1) is 0 Å². The summed E-state index contributed by atoms with van der Waals surface area (Å²) in [6, 6.07) is 1.78. The molecule has 0 spiro atoms. The molecule has 0 amide bonds. The maximum atomic E-state index is 11.8. The maximum absolute atomic E-state index is 11.8. The van der Waals surface area contributed by atoms with E-state index in [0.717, 1.165) is 0 Å². The number of aryl methyl sites for hydroxylation is 2. The minimum Gasteiger partial charge on any atom is -0.396 e. The van der Waals surface area contributed by atoms with Gasteiger partial charge in [0.05, 0.1) is 0 Å². The lowest BCUT2D eigenvalue weighted by Gasteiger charge is -2.04. The van der Waals surface area contributed by atoms with Gasteiger partial charge in [-0.3, -0.25) is 9.48 Å². The lowest BCUT2D eigenvalue weighted by molar-refractivity contribution is 0.298. The van der Waals surface area contributed by atoms with E-state index < -0.39 is 0 Å². The van der Waals surface area contributed by atoms with Gasteiger partial charge in [-0.2, -0.15) is 5.10 Å². The zero-order chi connectivity index (χ0) is 12.4. The molecule has 0 saturated carbocycles. The molecular formula is C11H14N4O2. The molecule has 6 heteroatoms. The highest BCUT2D eigenvalue weighted by Crippen LogP contribution is 2.11. The van der Waals surface area contributed by atoms with Gasteiger partial charge in [-0.05, 0) is 13.0 Å². The number of hydrogen-bond donors (Lipinski definition) is 2. The van der Waals surface area contributed by atoms with E-state index >= 15 is 0 Å². The molecule has 2 aromatic rings. The molecule has 0 aliphatic carbocycles. The predicted molar refractivity (Wildman–Crippen MR) is 62.6 cm³/mol. The van der Waals surface area contributed by atoms with Crippen molar-refractivity contribution in [1.82, 2.24) is 19.7 Å². The summed E-state index contributed by atoms with van der Waals surface area (Å²) < 4.78 is 1.65. The van der Waals surface area contributed by atoms with Crippen LogP contribution in [0.25, 0.3) is 11.5 Å². The van der Waals surface area contributed by atoms with E-state index in [2.05, 4.69) is 15.1 Å². The number of aromatic amines is 1. The minimum absolute atomic E-state index is 0.0610. The summed E-state index contributed by atoms with van der Waals surface area (Å²) in [7, 11) is 1.80. The second kappa shape index (κ2) is 4.50. The molecule has 0 saturated heterocycles. The molecule has 0 bridgehead atoms. The summed E-state index contributed by atoms with van der Waals surface area (Å²) in [5, 5.41) is 13.0. The number of hydrogen-bond acceptors (Lipinski definition) is 4. The third-order valence-corrected chi connectivity index (χ3v) is 2.54. The molecule has 2 N–H and O–H groups in total. The first-order chi connectivity index (χ1) is 8.11. The number of aromatic nitrogens is 4. The van der Waals surface area contributed by atoms with Crippen LogP contribution in [0.4, 0.5) is 0 Å². The summed E-state index contributed by atoms with van der Waals surface area (Å²) in [4.78, 5) is 18.8. The van der Waals surface area contributed by atoms with Crippen LogP contribution in [0.1, 0.15) is 11.3 Å². The van der Waals surface area contributed by atoms with E-state index in [4.69, 9.17) is 5.11 Å². The van der Waals surface area contributed by atoms with Gasteiger partial charge < -0.3 is 10.1 Å². The Morgan fingerprint density at radius 3 is 2.82 bits per heavy atom. The summed E-state index contributed by atoms with van der Waals surface area (Å²) >= 11 is 0. The van der Waals surface area contributed by atoms with E-state index in [-0.39, 0.29) is 12.2 Å². The first-order valence-corrected chi connectivity index (χ1v) is 5.32. The van der Waals surface area contributed by atoms with E-state index in [1.807, 2.05) is 0 Å². The van der Waals surface area contributed by atoms with Crippen molar-refractivity contribution in [3.8, 4) is 11.5 Å². The molecule has 0 fully saturated rings. The molecule has 0 unspecified atom stereocenters. The molecule has 17 heavy (non-hydrogen) atoms. The Morgan fingerprint density at radius 1 is 1.53 bits per heavy atom. The maximum Gasteiger partial charge on any atom is 0.254 e. The van der Waals surface area contributed by atoms with Gasteiger partial charge in [0.1, 0.15) is 5.69 Å². The second-order valence-corrected chi connectivity index (χ2v) is 3.83. The van der Waals surface area contributed by atoms with Crippen molar-refractivity contribution in [2.45, 2.75) is 13.3 Å². The monoisotopic (exact) mass is 234 g/mol. The molecular weight excluding hydrogens is 220 g/mol. The Morgan fingerprint density at radius 2 is 2.29 bits per heavy atom. The molecule has 0 aliphatic heterocycles. The van der Waals surface area contributed by atoms with Crippen LogP contribution in [-0.4, -0.2) is 31.5 Å². The van der Waals surface area contributed by atoms with Crippen molar-refractivity contribution in [3.05, 3.63) is 33.9 Å². The van der Waals surface area contributed by atoms with Gasteiger partial charge in [0.25, 0.3) is 5.56 Å². The zero-order valence-electron chi connectivity index (χ0n) is 9.77. The molecule has 2 aromatic heterocycles. The van der Waals surface area contributed by atoms with Crippen molar-refractivity contribution < 1.29 is 5.11 Å². The molecule has 90 valence electrons. The van der Waals surface area contributed by atoms with E-state index in [9.17, 15) is 4.79 Å². The van der Waals surface area contributed by atoms with E-state index in [1.165, 1.54) is 0 Å². The highest BCUT2D eigenvalue weighted by Gasteiger charge is 2.10. The second-order valence-electron chi connectivity index (χ2n) is 3.83. The van der Waals surface area contributed by atoms with Gasteiger partial charge in [0.15, 0.2) is 5.82 Å². The van der Waals surface area contributed by atoms with Gasteiger partial charge in [0.2, 0.25) is 0 Å². The Labute approximate surface area is 98.0 Å². The van der Waals surface area contributed by atoms with Gasteiger partial charge >= 0.3 is 0 Å². The van der Waals surface area contributed by atoms with Gasteiger partial charge in [0, 0.05) is 37.5 Å². The standard InChI is InChI=1S/C11H14N4O2/c1-7-8(4-6-16)11(17)13-10(12-7)9-3-5-15(2)14-9/h3,5,16H,4,6H2,1-2H3,(H,12,13,17). The molecule has 2 heterocycles. The average molecular weight is 234 g/mol. The van der Waals surface area contributed by atoms with Crippen molar-refractivity contribution in [1.29, 1.82) is 0 Å². The van der Waals surface area contributed by atoms with Crippen LogP contribution >= 0.6 is 0 Å². The number of rotatable bonds is 3. The summed E-state index contributed by atoms with van der Waals surface area (Å²) in [5.41, 5.74) is 1.56. The Balaban J connectivity index is 2.49. The first kappa shape index (κ1) is 11.5. The SMILES string of the molecule is Cc1nc(-c2ccn(C)n2)[nH]c(=O)c1CCO. The fraction of sp³-hybridized carbons (Fsp3) is 0.364. The van der Waals surface area contributed by atoms with Crippen LogP contribution in [0.5, 0.6) is 0 Å². The topological polar surface area (TPSA) is 83.8 Å². The highest BCUT2D eigenvalue weighted by atomic mass is 16.3. The lowest BCUT2D eigenvalue weighted by Crippen LogP contribution is -2.18. The smallest absolute Gasteiger partial charge is 0.254 e. The highest BCUT2D eigenvalue weighted by molar-refractivity contribution is 5.48. The summed E-state index contributed by atoms with van der Waals surface area (Å²) in [5.74, 6) is 0.454. The van der Waals surface area contributed by atoms with Gasteiger partial charge in [-0.25, -0.2) is 4.98 Å². The van der Waals surface area contributed by atoms with Crippen LogP contribution in [0.3, 0.4) is 0 Å². The molecule has 0 atom stereocenters. The number of aliphatic hydroxyl groups is 1. The van der Waals surface area contributed by atoms with Crippen molar-refractivity contribution in [3.63, 3.8) is 0 Å². The summed E-state index contributed by atoms with van der Waals surface area (Å²) in [6.07, 6.45) is 2.10. The third kappa shape index (κ3) is 2.26. The molecule has 0 radical (unpaired) electrons. The van der Waals surface area contributed by atoms with Crippen LogP contribution < -0.4 is 5.56 Å². The van der Waals surface area contributed by atoms with Crippen molar-refractivity contribution >= 4 is 0 Å². The summed E-state index contributed by atoms with van der Waals surface area (Å²) in [6.45, 7) is 1.70. The Bertz CT molecular complexity index is 585. The fourth-order valence-electron chi connectivity index (χ4n) is 1.68. The largest absolute Gasteiger partial charge is 0.396 e. The van der Waals surface area contributed by atoms with Crippen molar-refractivity contribution in [2.24, 2.45) is 7.05 Å². The van der Waals surface area contributed by atoms with Crippen LogP contribution in [0.2, 0.25) is 0 Å². The fourth-order valence-corrected chi connectivity index (χ4v) is 1.68. The lowest BCUT2D eigenvalue weighted by atomic mass is 10.2. The molecule has 0 aromatic carbocycles. The normalized spacial score (nSPS) is 10.8. The van der Waals surface area contributed by atoms with Crippen LogP contribution in [0.15, 0.2) is 17.1 Å². The Kier molecular flexibility index (Phi) is 3.06. The molecule has 0 aliphatic rings. The number of nitrogens with one attached hydrogen (secondary N) is 1. The quantitative estimate of drug-likeness (QED) is 0.783. The van der Waals surface area contributed by atoms with E-state index in [1.54, 1.807) is 30.9 Å². The van der Waals surface area contributed by atoms with Gasteiger partial charge in [-0.1, -0.05) is 0 Å². The zero-order valence-corrected chi connectivity index (χ0v) is 9.77. The Hall–Kier alpha value is -1.95. The van der Waals surface area contributed by atoms with Crippen LogP contribution in [-0.2, 0) is 13.5 Å². The first-order valence-electron chi connectivity index (χ1n) is 5.32. The van der Waals surface area contributed by atoms with Crippen molar-refractivity contribution in [2.75, 3.05) is 6.61 Å². The number of nitrogens with zero attached hydrogens (tertiary/aromatic N) is 3. The third-order valence-electron chi connectivity index (χ3n) is 2.54. The number of H-pyrrole nitrogens is 1. The molecule has 6 nitrogen and oxygen atoms in total. The number of aliphatic hydroxyl groups excluding tert-OH is 1. The molecule has 2 rings (SSSR count). The predicted octanol–water partition coefficient (Wildman–Crippen LogP) is 0.0136. The minimum atomic E-state index is -0.216.